The Balaban J connectivity index is 3.30. The second-order valence-corrected chi connectivity index (χ2v) is 2.84. The third-order valence-corrected chi connectivity index (χ3v) is 1.58. The van der Waals surface area contributed by atoms with Crippen LogP contribution in [0.5, 0.6) is 0 Å². The fourth-order valence-electron chi connectivity index (χ4n) is 0.766. The molecule has 4 heteroatoms. The van der Waals surface area contributed by atoms with Crippen LogP contribution in [0.15, 0.2) is 12.7 Å². The first-order valence-corrected chi connectivity index (χ1v) is 4.79. The van der Waals surface area contributed by atoms with E-state index in [1.54, 1.807) is 0 Å². The van der Waals surface area contributed by atoms with Crippen LogP contribution in [0, 0.1) is 0 Å². The zero-order valence-corrected chi connectivity index (χ0v) is 8.57. The molecule has 0 bridgehead atoms. The average Bonchev–Trinajstić information content (AvgIpc) is 2.18. The van der Waals surface area contributed by atoms with Crippen molar-refractivity contribution in [2.24, 2.45) is 0 Å². The summed E-state index contributed by atoms with van der Waals surface area (Å²) >= 11 is 0. The first-order chi connectivity index (χ1) is 6.70. The molecule has 1 atom stereocenters. The van der Waals surface area contributed by atoms with Gasteiger partial charge in [-0.1, -0.05) is 19.9 Å². The van der Waals surface area contributed by atoms with E-state index in [1.165, 1.54) is 0 Å². The van der Waals surface area contributed by atoms with Crippen molar-refractivity contribution in [3.05, 3.63) is 12.7 Å². The van der Waals surface area contributed by atoms with Crippen LogP contribution in [-0.2, 0) is 14.3 Å². The Bertz CT molecular complexity index is 168. The fourth-order valence-corrected chi connectivity index (χ4v) is 0.766. The van der Waals surface area contributed by atoms with Crippen LogP contribution in [0.1, 0.15) is 26.2 Å². The van der Waals surface area contributed by atoms with Crippen molar-refractivity contribution in [3.8, 4) is 0 Å². The molecule has 82 valence electrons. The van der Waals surface area contributed by atoms with Gasteiger partial charge in [-0.3, -0.25) is 0 Å². The zero-order valence-electron chi connectivity index (χ0n) is 8.57. The molecule has 0 heterocycles. The van der Waals surface area contributed by atoms with Crippen molar-refractivity contribution in [1.29, 1.82) is 0 Å². The van der Waals surface area contributed by atoms with E-state index < -0.39 is 12.3 Å². The molecule has 0 aliphatic rings. The molecular weight excluding hydrogens is 184 g/mol. The van der Waals surface area contributed by atoms with E-state index in [9.17, 15) is 9.90 Å². The number of carbonyl (C=O) groups is 1. The summed E-state index contributed by atoms with van der Waals surface area (Å²) in [5.74, 6) is -0.481. The Labute approximate surface area is 84.5 Å². The molecule has 0 aromatic carbocycles. The number of aliphatic hydroxyl groups is 1. The molecule has 0 amide bonds. The Morgan fingerprint density at radius 1 is 1.57 bits per heavy atom. The summed E-state index contributed by atoms with van der Waals surface area (Å²) in [6, 6.07) is 0. The molecular formula is C10H18O4. The second-order valence-electron chi connectivity index (χ2n) is 2.84. The van der Waals surface area contributed by atoms with Gasteiger partial charge in [-0.05, 0) is 6.42 Å². The van der Waals surface area contributed by atoms with Crippen molar-refractivity contribution >= 4 is 5.97 Å². The highest BCUT2D eigenvalue weighted by Crippen LogP contribution is 1.98. The summed E-state index contributed by atoms with van der Waals surface area (Å²) in [7, 11) is 0. The maximum Gasteiger partial charge on any atom is 0.330 e. The third-order valence-electron chi connectivity index (χ3n) is 1.58. The van der Waals surface area contributed by atoms with Gasteiger partial charge in [-0.2, -0.15) is 0 Å². The van der Waals surface area contributed by atoms with Crippen molar-refractivity contribution in [2.45, 2.75) is 32.5 Å². The minimum absolute atomic E-state index is 0.151. The SMILES string of the molecule is C=CC(=O)OCCC(O)OCCCC. The number of ether oxygens (including phenoxy) is 2. The number of unbranched alkanes of at least 4 members (excludes halogenated alkanes) is 1. The van der Waals surface area contributed by atoms with Crippen LogP contribution in [0.25, 0.3) is 0 Å². The molecule has 0 rings (SSSR count). The first-order valence-electron chi connectivity index (χ1n) is 4.79. The maximum atomic E-state index is 10.6. The van der Waals surface area contributed by atoms with Crippen molar-refractivity contribution < 1.29 is 19.4 Å². The topological polar surface area (TPSA) is 55.8 Å². The molecule has 1 unspecified atom stereocenters. The van der Waals surface area contributed by atoms with Gasteiger partial charge in [0.15, 0.2) is 6.29 Å². The largest absolute Gasteiger partial charge is 0.462 e. The molecule has 4 nitrogen and oxygen atoms in total. The highest BCUT2D eigenvalue weighted by atomic mass is 16.6. The molecule has 0 spiro atoms. The number of hydrogen-bond donors (Lipinski definition) is 1. The predicted molar refractivity (Wildman–Crippen MR) is 52.6 cm³/mol. The van der Waals surface area contributed by atoms with E-state index in [1.807, 2.05) is 6.92 Å². The number of aliphatic hydroxyl groups excluding tert-OH is 1. The molecule has 0 aliphatic carbocycles. The van der Waals surface area contributed by atoms with Gasteiger partial charge >= 0.3 is 5.97 Å². The lowest BCUT2D eigenvalue weighted by atomic mass is 10.3. The Kier molecular flexibility index (Phi) is 8.17. The summed E-state index contributed by atoms with van der Waals surface area (Å²) in [6.07, 6.45) is 2.48. The number of rotatable bonds is 8. The standard InChI is InChI=1S/C10H18O4/c1-3-5-7-13-10(12)6-8-14-9(11)4-2/h4,10,12H,2-3,5-8H2,1H3. The molecule has 0 radical (unpaired) electrons. The third kappa shape index (κ3) is 7.76. The Morgan fingerprint density at radius 3 is 2.86 bits per heavy atom. The van der Waals surface area contributed by atoms with Crippen LogP contribution < -0.4 is 0 Å². The van der Waals surface area contributed by atoms with Crippen LogP contribution >= 0.6 is 0 Å². The molecule has 14 heavy (non-hydrogen) atoms. The highest BCUT2D eigenvalue weighted by molar-refractivity contribution is 5.81. The monoisotopic (exact) mass is 202 g/mol. The van der Waals surface area contributed by atoms with Gasteiger partial charge < -0.3 is 14.6 Å². The van der Waals surface area contributed by atoms with E-state index in [2.05, 4.69) is 11.3 Å². The number of carbonyl (C=O) groups excluding carboxylic acids is 1. The lowest BCUT2D eigenvalue weighted by Crippen LogP contribution is -2.16. The van der Waals surface area contributed by atoms with E-state index in [0.717, 1.165) is 18.9 Å². The summed E-state index contributed by atoms with van der Waals surface area (Å²) in [6.45, 7) is 5.98. The number of hydrogen-bond acceptors (Lipinski definition) is 4. The van der Waals surface area contributed by atoms with Crippen molar-refractivity contribution in [2.75, 3.05) is 13.2 Å². The van der Waals surface area contributed by atoms with Gasteiger partial charge in [0.2, 0.25) is 0 Å². The minimum atomic E-state index is -0.848. The molecule has 0 fully saturated rings. The Morgan fingerprint density at radius 2 is 2.29 bits per heavy atom. The Hall–Kier alpha value is -0.870. The van der Waals surface area contributed by atoms with Crippen molar-refractivity contribution in [3.63, 3.8) is 0 Å². The smallest absolute Gasteiger partial charge is 0.330 e. The van der Waals surface area contributed by atoms with Crippen LogP contribution in [-0.4, -0.2) is 30.6 Å². The predicted octanol–water partition coefficient (Wildman–Crippen LogP) is 1.24. The highest BCUT2D eigenvalue weighted by Gasteiger charge is 2.04. The fraction of sp³-hybridized carbons (Fsp3) is 0.700. The zero-order chi connectivity index (χ0) is 10.8. The quantitative estimate of drug-likeness (QED) is 0.278. The van der Waals surface area contributed by atoms with Gasteiger partial charge in [-0.15, -0.1) is 0 Å². The van der Waals surface area contributed by atoms with Gasteiger partial charge in [0.05, 0.1) is 6.61 Å². The maximum absolute atomic E-state index is 10.6. The summed E-state index contributed by atoms with van der Waals surface area (Å²) in [5, 5.41) is 9.22. The van der Waals surface area contributed by atoms with E-state index in [4.69, 9.17) is 4.74 Å². The molecule has 0 aromatic heterocycles. The minimum Gasteiger partial charge on any atom is -0.462 e. The normalized spacial score (nSPS) is 12.1. The van der Waals surface area contributed by atoms with Crippen LogP contribution in [0.3, 0.4) is 0 Å². The first kappa shape index (κ1) is 13.1. The van der Waals surface area contributed by atoms with Crippen molar-refractivity contribution in [1.82, 2.24) is 0 Å². The molecule has 0 saturated carbocycles. The van der Waals surface area contributed by atoms with Crippen LogP contribution in [0.4, 0.5) is 0 Å². The summed E-state index contributed by atoms with van der Waals surface area (Å²) in [5.41, 5.74) is 0. The molecule has 0 aliphatic heterocycles. The molecule has 0 saturated heterocycles. The second kappa shape index (κ2) is 8.72. The average molecular weight is 202 g/mol. The van der Waals surface area contributed by atoms with Gasteiger partial charge in [0, 0.05) is 19.1 Å². The van der Waals surface area contributed by atoms with E-state index in [0.29, 0.717) is 13.0 Å². The number of esters is 1. The van der Waals surface area contributed by atoms with Gasteiger partial charge in [-0.25, -0.2) is 4.79 Å². The lowest BCUT2D eigenvalue weighted by molar-refractivity contribution is -0.143. The summed E-state index contributed by atoms with van der Waals surface area (Å²) < 4.78 is 9.71. The van der Waals surface area contributed by atoms with Crippen LogP contribution in [0.2, 0.25) is 0 Å². The van der Waals surface area contributed by atoms with E-state index in [-0.39, 0.29) is 6.61 Å². The van der Waals surface area contributed by atoms with E-state index >= 15 is 0 Å². The summed E-state index contributed by atoms with van der Waals surface area (Å²) in [4.78, 5) is 10.6. The lowest BCUT2D eigenvalue weighted by Gasteiger charge is -2.11. The van der Waals surface area contributed by atoms with Gasteiger partial charge in [0.25, 0.3) is 0 Å². The van der Waals surface area contributed by atoms with Gasteiger partial charge in [0.1, 0.15) is 0 Å². The molecule has 0 aromatic rings. The molecule has 1 N–H and O–H groups in total.